The molecule has 7 nitrogen and oxygen atoms in total. The maximum atomic E-state index is 11.4. The van der Waals surface area contributed by atoms with Crippen molar-refractivity contribution in [3.05, 3.63) is 48.9 Å². The van der Waals surface area contributed by atoms with Crippen LogP contribution in [0.1, 0.15) is 18.9 Å². The van der Waals surface area contributed by atoms with E-state index < -0.39 is 9.84 Å². The van der Waals surface area contributed by atoms with Crippen molar-refractivity contribution in [2.45, 2.75) is 17.9 Å². The zero-order valence-electron chi connectivity index (χ0n) is 12.0. The molecule has 3 aromatic rings. The van der Waals surface area contributed by atoms with E-state index in [1.54, 1.807) is 24.7 Å². The first-order valence-corrected chi connectivity index (χ1v) is 8.46. The fourth-order valence-corrected chi connectivity index (χ4v) is 2.63. The minimum absolute atomic E-state index is 0.126. The van der Waals surface area contributed by atoms with Crippen LogP contribution in [-0.2, 0) is 9.84 Å². The quantitative estimate of drug-likeness (QED) is 0.730. The van der Waals surface area contributed by atoms with Crippen molar-refractivity contribution >= 4 is 9.84 Å². The molecule has 22 heavy (non-hydrogen) atoms. The van der Waals surface area contributed by atoms with Crippen LogP contribution in [0.5, 0.6) is 0 Å². The van der Waals surface area contributed by atoms with Crippen LogP contribution >= 0.6 is 0 Å². The maximum Gasteiger partial charge on any atom is 0.249 e. The van der Waals surface area contributed by atoms with Gasteiger partial charge in [0.2, 0.25) is 11.7 Å². The average Bonchev–Trinajstić information content (AvgIpc) is 3.17. The number of rotatable bonds is 4. The third-order valence-corrected chi connectivity index (χ3v) is 4.44. The van der Waals surface area contributed by atoms with Gasteiger partial charge in [-0.05, 0) is 31.2 Å². The van der Waals surface area contributed by atoms with E-state index in [-0.39, 0.29) is 10.9 Å². The molecule has 114 valence electrons. The Hall–Kier alpha value is -2.48. The molecule has 0 aliphatic rings. The van der Waals surface area contributed by atoms with Gasteiger partial charge in [0, 0.05) is 24.2 Å². The number of hydrogen-bond donors (Lipinski definition) is 0. The molecule has 2 heterocycles. The Morgan fingerprint density at radius 3 is 2.55 bits per heavy atom. The first-order valence-electron chi connectivity index (χ1n) is 6.56. The Morgan fingerprint density at radius 2 is 1.95 bits per heavy atom. The molecule has 1 atom stereocenters. The van der Waals surface area contributed by atoms with E-state index >= 15 is 0 Å². The van der Waals surface area contributed by atoms with Crippen molar-refractivity contribution in [3.63, 3.8) is 0 Å². The second kappa shape index (κ2) is 5.38. The van der Waals surface area contributed by atoms with Crippen molar-refractivity contribution in [3.8, 4) is 11.4 Å². The van der Waals surface area contributed by atoms with E-state index in [2.05, 4.69) is 15.1 Å². The molecule has 0 saturated carbocycles. The van der Waals surface area contributed by atoms with E-state index in [4.69, 9.17) is 4.52 Å². The van der Waals surface area contributed by atoms with Gasteiger partial charge in [0.25, 0.3) is 0 Å². The van der Waals surface area contributed by atoms with Crippen molar-refractivity contribution in [2.24, 2.45) is 0 Å². The van der Waals surface area contributed by atoms with Gasteiger partial charge in [-0.25, -0.2) is 13.4 Å². The summed E-state index contributed by atoms with van der Waals surface area (Å²) in [5, 5.41) is 3.94. The summed E-state index contributed by atoms with van der Waals surface area (Å²) in [5.74, 6) is 0.877. The molecule has 8 heteroatoms. The molecule has 0 spiro atoms. The molecule has 0 saturated heterocycles. The molecule has 2 aromatic heterocycles. The van der Waals surface area contributed by atoms with E-state index in [0.717, 1.165) is 0 Å². The molecular formula is C14H14N4O3S. The molecule has 0 unspecified atom stereocenters. The monoisotopic (exact) mass is 318 g/mol. The summed E-state index contributed by atoms with van der Waals surface area (Å²) >= 11 is 0. The molecule has 3 rings (SSSR count). The lowest BCUT2D eigenvalue weighted by molar-refractivity contribution is 0.345. The summed E-state index contributed by atoms with van der Waals surface area (Å²) in [7, 11) is -3.21. The topological polar surface area (TPSA) is 90.9 Å². The third-order valence-electron chi connectivity index (χ3n) is 3.31. The molecule has 0 N–H and O–H groups in total. The van der Waals surface area contributed by atoms with Crippen LogP contribution in [0.4, 0.5) is 0 Å². The lowest BCUT2D eigenvalue weighted by Gasteiger charge is -2.06. The lowest BCUT2D eigenvalue weighted by atomic mass is 10.2. The summed E-state index contributed by atoms with van der Waals surface area (Å²) < 4.78 is 30.0. The highest BCUT2D eigenvalue weighted by Gasteiger charge is 2.16. The largest absolute Gasteiger partial charge is 0.337 e. The number of hydrogen-bond acceptors (Lipinski definition) is 6. The first kappa shape index (κ1) is 14.5. The fraction of sp³-hybridized carbons (Fsp3) is 0.214. The number of sulfone groups is 1. The number of benzene rings is 1. The SMILES string of the molecule is C[C@H](c1nc(-c2ccc(S(C)(=O)=O)cc2)no1)n1ccnc1. The van der Waals surface area contributed by atoms with Crippen LogP contribution in [0.25, 0.3) is 11.4 Å². The number of imidazole rings is 1. The van der Waals surface area contributed by atoms with Crippen molar-refractivity contribution in [2.75, 3.05) is 6.26 Å². The van der Waals surface area contributed by atoms with Crippen molar-refractivity contribution < 1.29 is 12.9 Å². The van der Waals surface area contributed by atoms with Gasteiger partial charge in [-0.15, -0.1) is 0 Å². The fourth-order valence-electron chi connectivity index (χ4n) is 2.00. The maximum absolute atomic E-state index is 11.4. The lowest BCUT2D eigenvalue weighted by Crippen LogP contribution is -2.04. The number of nitrogens with zero attached hydrogens (tertiary/aromatic N) is 4. The van der Waals surface area contributed by atoms with Crippen molar-refractivity contribution in [1.29, 1.82) is 0 Å². The van der Waals surface area contributed by atoms with Crippen LogP contribution in [0, 0.1) is 0 Å². The van der Waals surface area contributed by atoms with Gasteiger partial charge in [0.05, 0.1) is 11.2 Å². The van der Waals surface area contributed by atoms with E-state index in [1.165, 1.54) is 18.4 Å². The predicted octanol–water partition coefficient (Wildman–Crippen LogP) is 1.95. The second-order valence-electron chi connectivity index (χ2n) is 4.94. The minimum Gasteiger partial charge on any atom is -0.337 e. The third kappa shape index (κ3) is 2.77. The predicted molar refractivity (Wildman–Crippen MR) is 78.9 cm³/mol. The molecule has 0 bridgehead atoms. The molecule has 0 aliphatic carbocycles. The molecular weight excluding hydrogens is 304 g/mol. The number of aromatic nitrogens is 4. The zero-order valence-corrected chi connectivity index (χ0v) is 12.9. The van der Waals surface area contributed by atoms with E-state index in [0.29, 0.717) is 17.3 Å². The smallest absolute Gasteiger partial charge is 0.249 e. The summed E-state index contributed by atoms with van der Waals surface area (Å²) in [6, 6.07) is 6.25. The highest BCUT2D eigenvalue weighted by Crippen LogP contribution is 2.22. The Bertz CT molecular complexity index is 867. The highest BCUT2D eigenvalue weighted by atomic mass is 32.2. The summed E-state index contributed by atoms with van der Waals surface area (Å²) in [4.78, 5) is 8.59. The Labute approximate surface area is 127 Å². The van der Waals surface area contributed by atoms with E-state index in [1.807, 2.05) is 17.7 Å². The van der Waals surface area contributed by atoms with Crippen LogP contribution in [0.2, 0.25) is 0 Å². The van der Waals surface area contributed by atoms with Crippen LogP contribution in [0.3, 0.4) is 0 Å². The molecule has 0 amide bonds. The molecule has 1 aromatic carbocycles. The normalized spacial score (nSPS) is 13.2. The summed E-state index contributed by atoms with van der Waals surface area (Å²) in [5.41, 5.74) is 0.695. The van der Waals surface area contributed by atoms with Gasteiger partial charge < -0.3 is 9.09 Å². The Morgan fingerprint density at radius 1 is 1.23 bits per heavy atom. The molecule has 0 aliphatic heterocycles. The van der Waals surface area contributed by atoms with Gasteiger partial charge in [-0.3, -0.25) is 0 Å². The van der Waals surface area contributed by atoms with Gasteiger partial charge in [-0.1, -0.05) is 5.16 Å². The van der Waals surface area contributed by atoms with E-state index in [9.17, 15) is 8.42 Å². The molecule has 0 fully saturated rings. The average molecular weight is 318 g/mol. The van der Waals surface area contributed by atoms with Crippen LogP contribution in [0.15, 0.2) is 52.4 Å². The van der Waals surface area contributed by atoms with Gasteiger partial charge in [0.15, 0.2) is 9.84 Å². The highest BCUT2D eigenvalue weighted by molar-refractivity contribution is 7.90. The van der Waals surface area contributed by atoms with Crippen molar-refractivity contribution in [1.82, 2.24) is 19.7 Å². The summed E-state index contributed by atoms with van der Waals surface area (Å²) in [6.07, 6.45) is 6.34. The first-order chi connectivity index (χ1) is 10.4. The van der Waals surface area contributed by atoms with Gasteiger partial charge in [0.1, 0.15) is 6.04 Å². The standard InChI is InChI=1S/C14H14N4O3S/c1-10(18-8-7-15-9-18)14-16-13(17-21-14)11-3-5-12(6-4-11)22(2,19)20/h3-10H,1-2H3/t10-/m1/s1. The van der Waals surface area contributed by atoms with Crippen LogP contribution in [-0.4, -0.2) is 34.4 Å². The molecule has 0 radical (unpaired) electrons. The summed E-state index contributed by atoms with van der Waals surface area (Å²) in [6.45, 7) is 1.92. The Balaban J connectivity index is 1.88. The van der Waals surface area contributed by atoms with Gasteiger partial charge in [-0.2, -0.15) is 4.98 Å². The van der Waals surface area contributed by atoms with Gasteiger partial charge >= 0.3 is 0 Å². The minimum atomic E-state index is -3.21. The Kier molecular flexibility index (Phi) is 3.53. The van der Waals surface area contributed by atoms with Crippen LogP contribution < -0.4 is 0 Å². The zero-order chi connectivity index (χ0) is 15.7. The second-order valence-corrected chi connectivity index (χ2v) is 6.95.